The molecule has 0 radical (unpaired) electrons. The van der Waals surface area contributed by atoms with Gasteiger partial charge < -0.3 is 194 Å². The van der Waals surface area contributed by atoms with Crippen LogP contribution in [0.25, 0.3) is 0 Å². The van der Waals surface area contributed by atoms with Crippen LogP contribution in [0.5, 0.6) is 0 Å². The van der Waals surface area contributed by atoms with Crippen LogP contribution in [0, 0.1) is 0 Å². The van der Waals surface area contributed by atoms with Crippen molar-refractivity contribution in [1.29, 1.82) is 0 Å². The van der Waals surface area contributed by atoms with E-state index < -0.39 is 297 Å². The Labute approximate surface area is 527 Å². The molecule has 0 aromatic heterocycles. The highest BCUT2D eigenvalue weighted by atomic mass is 16.8. The lowest BCUT2D eigenvalue weighted by molar-refractivity contribution is -0.401. The van der Waals surface area contributed by atoms with E-state index in [1.54, 1.807) is 0 Å². The van der Waals surface area contributed by atoms with Crippen molar-refractivity contribution in [1.82, 2.24) is 10.6 Å². The van der Waals surface area contributed by atoms with Crippen LogP contribution in [0.3, 0.4) is 0 Å². The number of hydrogen-bond donors (Lipinski definition) is 24. The fraction of sp³-hybridized carbons (Fsp3) is 0.962. The van der Waals surface area contributed by atoms with Crippen molar-refractivity contribution in [2.75, 3.05) is 39.6 Å². The van der Waals surface area contributed by atoms with Gasteiger partial charge in [-0.15, -0.1) is 0 Å². The molecular formula is C52H88N2O39. The number of nitrogens with one attached hydrogen (secondary N) is 2. The molecule has 40 atom stereocenters. The summed E-state index contributed by atoms with van der Waals surface area (Å²) in [6, 6.07) is -3.80. The maximum Gasteiger partial charge on any atom is 0.217 e. The van der Waals surface area contributed by atoms with Gasteiger partial charge in [0.05, 0.1) is 51.8 Å². The molecule has 8 rings (SSSR count). The van der Waals surface area contributed by atoms with E-state index in [0.29, 0.717) is 0 Å². The number of rotatable bonds is 22. The highest BCUT2D eigenvalue weighted by molar-refractivity contribution is 5.73. The lowest BCUT2D eigenvalue weighted by Gasteiger charge is -2.52. The van der Waals surface area contributed by atoms with Gasteiger partial charge in [0.1, 0.15) is 183 Å². The number of carbonyl (C=O) groups is 2. The summed E-state index contributed by atoms with van der Waals surface area (Å²) in [4.78, 5) is 26.2. The molecule has 0 saturated carbocycles. The summed E-state index contributed by atoms with van der Waals surface area (Å²) in [7, 11) is 0. The van der Waals surface area contributed by atoms with Crippen molar-refractivity contribution in [3.05, 3.63) is 0 Å². The second kappa shape index (κ2) is 32.6. The van der Waals surface area contributed by atoms with Crippen molar-refractivity contribution < 1.29 is 193 Å². The third-order valence-corrected chi connectivity index (χ3v) is 17.4. The molecule has 41 nitrogen and oxygen atoms in total. The Morgan fingerprint density at radius 3 is 1.19 bits per heavy atom. The topological polar surface area (TPSA) is 642 Å². The number of aliphatic hydroxyl groups excluding tert-OH is 22. The van der Waals surface area contributed by atoms with Crippen molar-refractivity contribution in [3.63, 3.8) is 0 Å². The normalized spacial score (nSPS) is 51.6. The lowest BCUT2D eigenvalue weighted by Crippen LogP contribution is -2.71. The summed E-state index contributed by atoms with van der Waals surface area (Å²) in [6.45, 7) is -1.81. The molecule has 0 aromatic carbocycles. The number of amides is 2. The first-order valence-corrected chi connectivity index (χ1v) is 29.9. The summed E-state index contributed by atoms with van der Waals surface area (Å²) in [5, 5.41) is 245. The maximum absolute atomic E-state index is 13.5. The molecule has 8 saturated heterocycles. The van der Waals surface area contributed by atoms with Crippen molar-refractivity contribution in [2.24, 2.45) is 0 Å². The predicted octanol–water partition coefficient (Wildman–Crippen LogP) is -16.1. The monoisotopic (exact) mass is 1360 g/mol. The largest absolute Gasteiger partial charge is 0.394 e. The molecule has 0 aromatic rings. The van der Waals surface area contributed by atoms with Crippen LogP contribution in [-0.4, -0.2) is 409 Å². The summed E-state index contributed by atoms with van der Waals surface area (Å²) >= 11 is 0. The fourth-order valence-corrected chi connectivity index (χ4v) is 12.1. The van der Waals surface area contributed by atoms with Gasteiger partial charge in [0.25, 0.3) is 0 Å². The van der Waals surface area contributed by atoms with E-state index in [4.69, 9.17) is 71.1 Å². The van der Waals surface area contributed by atoms with Gasteiger partial charge in [0.15, 0.2) is 50.3 Å². The SMILES string of the molecule is CC(=O)NC1[C@H](OCC2O[C@@H](O[C@@H]3C(CO)OC(O)C(O)[C@H]3O)C(O)[C@@H](O[C@@H]3OC(CO)[C@@H](O[C@@H]4OC(C)[C@@H](O)C(O)C4O)[C@H](O[C@@H]4OC(CO)[C@H](O)[C@H](O)C4O[C@@H]4OC(C)[C@@H](O)[C@H](O)C4O)C3NC(C)=O)[C@H]2O)OC(CO)[C@@H](O[C@@H]2OC(CO)[C@H](O)[C@H](O)C2O)[C@@H]1O. The average Bonchev–Trinajstić information content (AvgIpc) is 0.772. The molecule has 18 unspecified atom stereocenters. The van der Waals surface area contributed by atoms with Gasteiger partial charge >= 0.3 is 0 Å². The van der Waals surface area contributed by atoms with Gasteiger partial charge in [0, 0.05) is 13.8 Å². The Hall–Kier alpha value is -2.54. The van der Waals surface area contributed by atoms with Gasteiger partial charge in [-0.1, -0.05) is 0 Å². The molecule has 0 spiro atoms. The zero-order valence-corrected chi connectivity index (χ0v) is 50.1. The third-order valence-electron chi connectivity index (χ3n) is 17.4. The number of ether oxygens (including phenoxy) is 15. The van der Waals surface area contributed by atoms with E-state index in [0.717, 1.165) is 13.8 Å². The highest BCUT2D eigenvalue weighted by Crippen LogP contribution is 2.39. The Morgan fingerprint density at radius 1 is 0.301 bits per heavy atom. The molecule has 0 aliphatic carbocycles. The second-order valence-corrected chi connectivity index (χ2v) is 23.9. The molecule has 24 N–H and O–H groups in total. The minimum atomic E-state index is -2.42. The number of aliphatic hydroxyl groups is 22. The Kier molecular flexibility index (Phi) is 26.7. The molecule has 8 heterocycles. The van der Waals surface area contributed by atoms with Crippen LogP contribution in [0.15, 0.2) is 0 Å². The van der Waals surface area contributed by atoms with Crippen LogP contribution in [0.4, 0.5) is 0 Å². The zero-order chi connectivity index (χ0) is 68.5. The standard InChI is InChI=1S/C52H88N2O39/c1-11-23(62)29(68)35(74)48(80-11)90-41-19(9-59)86-47(22(54-14(4)61)42(41)91-52-44(32(71)26(65)16(6-56)84-52)93-49-36(75)30(69)24(63)12(2)81-49)92-43-27(66)20(87-51(38(43)77)89-40-17(7-57)82-45(78)34(73)33(40)72)10-79-46-21(53-13(3)60)28(67)39(18(8-58)85-46)88-50-37(76)31(70)25(64)15(5-55)83-50/h11-12,15-52,55-59,62-78H,5-10H2,1-4H3,(H,53,60)(H,54,61)/t11?,12?,15?,16?,17?,18?,19?,20?,21?,22?,23-,24-,25+,26+,27+,28-,29?,30+,31+,32+,33-,34?,35?,36?,37?,38?,39-,40-,41-,42-,43+,44?,45?,46-,47+,48+,49+,50+,51+,52+/m1/s1. The van der Waals surface area contributed by atoms with Crippen LogP contribution < -0.4 is 10.6 Å². The minimum Gasteiger partial charge on any atom is -0.394 e. The second-order valence-electron chi connectivity index (χ2n) is 23.9. The van der Waals surface area contributed by atoms with Crippen LogP contribution >= 0.6 is 0 Å². The van der Waals surface area contributed by atoms with E-state index in [2.05, 4.69) is 10.6 Å². The molecule has 8 fully saturated rings. The minimum absolute atomic E-state index is 0.860. The fourth-order valence-electron chi connectivity index (χ4n) is 12.1. The van der Waals surface area contributed by atoms with Gasteiger partial charge in [-0.2, -0.15) is 0 Å². The molecule has 8 aliphatic heterocycles. The Bertz CT molecular complexity index is 2350. The molecule has 8 aliphatic rings. The van der Waals surface area contributed by atoms with Crippen LogP contribution in [0.2, 0.25) is 0 Å². The molecule has 93 heavy (non-hydrogen) atoms. The summed E-state index contributed by atoms with van der Waals surface area (Å²) in [6.07, 6.45) is -75.0. The van der Waals surface area contributed by atoms with Crippen molar-refractivity contribution in [3.8, 4) is 0 Å². The predicted molar refractivity (Wildman–Crippen MR) is 285 cm³/mol. The number of carbonyl (C=O) groups excluding carboxylic acids is 2. The molecular weight excluding hydrogens is 1280 g/mol. The van der Waals surface area contributed by atoms with Crippen LogP contribution in [-0.2, 0) is 80.6 Å². The smallest absolute Gasteiger partial charge is 0.217 e. The molecule has 41 heteroatoms. The quantitative estimate of drug-likeness (QED) is 0.0479. The Morgan fingerprint density at radius 2 is 0.667 bits per heavy atom. The first kappa shape index (κ1) is 76.2. The van der Waals surface area contributed by atoms with Gasteiger partial charge in [-0.25, -0.2) is 0 Å². The van der Waals surface area contributed by atoms with Crippen molar-refractivity contribution in [2.45, 2.75) is 273 Å². The third kappa shape index (κ3) is 16.4. The van der Waals surface area contributed by atoms with Crippen LogP contribution in [0.1, 0.15) is 27.7 Å². The van der Waals surface area contributed by atoms with Crippen molar-refractivity contribution >= 4 is 11.8 Å². The average molecular weight is 1370 g/mol. The summed E-state index contributed by atoms with van der Waals surface area (Å²) in [5.74, 6) is -1.86. The molecule has 2 amide bonds. The Balaban J connectivity index is 1.16. The summed E-state index contributed by atoms with van der Waals surface area (Å²) in [5.41, 5.74) is 0. The van der Waals surface area contributed by atoms with E-state index >= 15 is 0 Å². The van der Waals surface area contributed by atoms with Gasteiger partial charge in [0.2, 0.25) is 11.8 Å². The zero-order valence-electron chi connectivity index (χ0n) is 50.1. The maximum atomic E-state index is 13.5. The van der Waals surface area contributed by atoms with Gasteiger partial charge in [-0.3, -0.25) is 9.59 Å². The molecule has 0 bridgehead atoms. The number of hydrogen-bond acceptors (Lipinski definition) is 39. The van der Waals surface area contributed by atoms with E-state index in [1.807, 2.05) is 0 Å². The highest BCUT2D eigenvalue weighted by Gasteiger charge is 2.60. The molecule has 540 valence electrons. The summed E-state index contributed by atoms with van der Waals surface area (Å²) < 4.78 is 88.7. The van der Waals surface area contributed by atoms with E-state index in [9.17, 15) is 122 Å². The van der Waals surface area contributed by atoms with E-state index in [-0.39, 0.29) is 0 Å². The lowest BCUT2D eigenvalue weighted by atomic mass is 9.93. The van der Waals surface area contributed by atoms with Gasteiger partial charge in [-0.05, 0) is 13.8 Å². The first-order valence-electron chi connectivity index (χ1n) is 29.9. The van der Waals surface area contributed by atoms with E-state index in [1.165, 1.54) is 13.8 Å². The first-order chi connectivity index (χ1) is 43.9.